The van der Waals surface area contributed by atoms with Crippen molar-refractivity contribution in [2.75, 3.05) is 0 Å². The molecule has 134 valence electrons. The Balaban J connectivity index is 1.46. The second kappa shape index (κ2) is 6.96. The van der Waals surface area contributed by atoms with Crippen LogP contribution in [0.15, 0.2) is 91.3 Å². The maximum Gasteiger partial charge on any atom is 0.328 e. The maximum absolute atomic E-state index is 5.92. The van der Waals surface area contributed by atoms with Gasteiger partial charge in [-0.25, -0.2) is 0 Å². The third-order valence-corrected chi connectivity index (χ3v) is 4.43. The molecule has 0 aliphatic carbocycles. The van der Waals surface area contributed by atoms with E-state index in [0.717, 1.165) is 21.5 Å². The Morgan fingerprint density at radius 3 is 1.50 bits per heavy atom. The van der Waals surface area contributed by atoms with Gasteiger partial charge in [-0.05, 0) is 22.9 Å². The van der Waals surface area contributed by atoms with Gasteiger partial charge in [-0.3, -0.25) is 0 Å². The van der Waals surface area contributed by atoms with E-state index < -0.39 is 0 Å². The van der Waals surface area contributed by atoms with Crippen molar-refractivity contribution in [3.05, 3.63) is 91.3 Å². The zero-order chi connectivity index (χ0) is 18.8. The van der Waals surface area contributed by atoms with Crippen molar-refractivity contribution in [3.63, 3.8) is 0 Å². The van der Waals surface area contributed by atoms with Gasteiger partial charge < -0.3 is 9.47 Å². The minimum atomic E-state index is 0.182. The van der Waals surface area contributed by atoms with Crippen LogP contribution in [0.25, 0.3) is 21.5 Å². The highest BCUT2D eigenvalue weighted by Crippen LogP contribution is 2.30. The lowest BCUT2D eigenvalue weighted by Gasteiger charge is -2.09. The summed E-state index contributed by atoms with van der Waals surface area (Å²) in [4.78, 5) is 12.6. The van der Waals surface area contributed by atoms with Crippen LogP contribution < -0.4 is 9.47 Å². The fourth-order valence-electron chi connectivity index (χ4n) is 3.13. The number of hydrogen-bond acceptors (Lipinski definition) is 5. The highest BCUT2D eigenvalue weighted by atomic mass is 16.5. The van der Waals surface area contributed by atoms with Gasteiger partial charge in [-0.2, -0.15) is 9.97 Å². The second-order valence-electron chi connectivity index (χ2n) is 6.21. The van der Waals surface area contributed by atoms with E-state index in [2.05, 4.69) is 15.0 Å². The van der Waals surface area contributed by atoms with E-state index in [1.54, 1.807) is 0 Å². The molecule has 0 fully saturated rings. The number of hydrogen-bond donors (Lipinski definition) is 0. The summed E-state index contributed by atoms with van der Waals surface area (Å²) in [6.45, 7) is 0. The lowest BCUT2D eigenvalue weighted by molar-refractivity contribution is 0.401. The Morgan fingerprint density at radius 1 is 0.500 bits per heavy atom. The summed E-state index contributed by atoms with van der Waals surface area (Å²) in [5.41, 5.74) is 0. The Kier molecular flexibility index (Phi) is 4.03. The summed E-state index contributed by atoms with van der Waals surface area (Å²) in [5, 5.41) is 4.14. The van der Waals surface area contributed by atoms with Crippen molar-refractivity contribution < 1.29 is 9.47 Å². The molecule has 0 amide bonds. The van der Waals surface area contributed by atoms with Crippen molar-refractivity contribution in [2.45, 2.75) is 0 Å². The summed E-state index contributed by atoms with van der Waals surface area (Å²) < 4.78 is 11.8. The minimum absolute atomic E-state index is 0.182. The average molecular weight is 365 g/mol. The molecule has 0 saturated heterocycles. The third kappa shape index (κ3) is 3.10. The Hall–Kier alpha value is -3.99. The van der Waals surface area contributed by atoms with E-state index in [4.69, 9.17) is 9.47 Å². The molecule has 0 aliphatic heterocycles. The van der Waals surface area contributed by atoms with Gasteiger partial charge in [-0.15, -0.1) is 4.98 Å². The average Bonchev–Trinajstić information content (AvgIpc) is 2.75. The molecule has 5 rings (SSSR count). The van der Waals surface area contributed by atoms with Crippen LogP contribution in [0, 0.1) is 0 Å². The predicted molar refractivity (Wildman–Crippen MR) is 108 cm³/mol. The summed E-state index contributed by atoms with van der Waals surface area (Å²) in [6.07, 6.45) is 1.38. The normalized spacial score (nSPS) is 10.9. The fraction of sp³-hybridized carbons (Fsp3) is 0. The smallest absolute Gasteiger partial charge is 0.328 e. The van der Waals surface area contributed by atoms with Crippen LogP contribution in [0.2, 0.25) is 0 Å². The van der Waals surface area contributed by atoms with E-state index in [1.165, 1.54) is 6.33 Å². The quantitative estimate of drug-likeness (QED) is 0.405. The molecule has 5 heteroatoms. The van der Waals surface area contributed by atoms with Gasteiger partial charge in [0, 0.05) is 10.8 Å². The summed E-state index contributed by atoms with van der Waals surface area (Å²) >= 11 is 0. The van der Waals surface area contributed by atoms with Crippen LogP contribution in [-0.4, -0.2) is 15.0 Å². The van der Waals surface area contributed by atoms with Crippen molar-refractivity contribution >= 4 is 21.5 Å². The number of aromatic nitrogens is 3. The number of rotatable bonds is 4. The standard InChI is InChI=1S/C23H15N3O2/c1-3-11-18-16(7-1)9-5-13-20(18)27-22-24-15-25-23(26-22)28-21-14-6-10-17-8-2-4-12-19(17)21/h1-15H. The van der Waals surface area contributed by atoms with Gasteiger partial charge in [0.05, 0.1) is 0 Å². The van der Waals surface area contributed by atoms with E-state index in [-0.39, 0.29) is 12.0 Å². The summed E-state index contributed by atoms with van der Waals surface area (Å²) in [7, 11) is 0. The fourth-order valence-corrected chi connectivity index (χ4v) is 3.13. The van der Waals surface area contributed by atoms with Crippen LogP contribution in [0.4, 0.5) is 0 Å². The molecule has 0 unspecified atom stereocenters. The third-order valence-electron chi connectivity index (χ3n) is 4.43. The Morgan fingerprint density at radius 2 is 0.964 bits per heavy atom. The predicted octanol–water partition coefficient (Wildman–Crippen LogP) is 5.76. The monoisotopic (exact) mass is 365 g/mol. The molecular weight excluding hydrogens is 350 g/mol. The molecule has 1 aromatic heterocycles. The summed E-state index contributed by atoms with van der Waals surface area (Å²) in [5.74, 6) is 1.36. The number of nitrogens with zero attached hydrogens (tertiary/aromatic N) is 3. The van der Waals surface area contributed by atoms with Gasteiger partial charge in [0.25, 0.3) is 0 Å². The van der Waals surface area contributed by atoms with Gasteiger partial charge in [0.1, 0.15) is 17.8 Å². The molecule has 1 heterocycles. The molecule has 0 radical (unpaired) electrons. The van der Waals surface area contributed by atoms with Crippen molar-refractivity contribution in [1.82, 2.24) is 15.0 Å². The van der Waals surface area contributed by atoms with E-state index in [1.807, 2.05) is 84.9 Å². The highest BCUT2D eigenvalue weighted by Gasteiger charge is 2.09. The maximum atomic E-state index is 5.92. The van der Waals surface area contributed by atoms with Crippen LogP contribution in [0.1, 0.15) is 0 Å². The first-order chi connectivity index (χ1) is 13.9. The molecule has 0 aliphatic rings. The van der Waals surface area contributed by atoms with E-state index in [9.17, 15) is 0 Å². The Labute approximate surface area is 161 Å². The van der Waals surface area contributed by atoms with Gasteiger partial charge >= 0.3 is 12.0 Å². The topological polar surface area (TPSA) is 57.1 Å². The van der Waals surface area contributed by atoms with E-state index >= 15 is 0 Å². The van der Waals surface area contributed by atoms with Gasteiger partial charge in [0.15, 0.2) is 0 Å². The lowest BCUT2D eigenvalue weighted by Crippen LogP contribution is -1.97. The number of fused-ring (bicyclic) bond motifs is 2. The zero-order valence-corrected chi connectivity index (χ0v) is 14.8. The number of ether oxygens (including phenoxy) is 2. The molecule has 0 saturated carbocycles. The largest absolute Gasteiger partial charge is 0.423 e. The minimum Gasteiger partial charge on any atom is -0.423 e. The van der Waals surface area contributed by atoms with Crippen molar-refractivity contribution in [1.29, 1.82) is 0 Å². The van der Waals surface area contributed by atoms with Crippen LogP contribution >= 0.6 is 0 Å². The Bertz CT molecular complexity index is 1180. The molecule has 0 atom stereocenters. The first-order valence-corrected chi connectivity index (χ1v) is 8.87. The molecule has 0 bridgehead atoms. The van der Waals surface area contributed by atoms with Crippen LogP contribution in [-0.2, 0) is 0 Å². The molecule has 28 heavy (non-hydrogen) atoms. The number of benzene rings is 4. The van der Waals surface area contributed by atoms with Crippen LogP contribution in [0.3, 0.4) is 0 Å². The van der Waals surface area contributed by atoms with Crippen LogP contribution in [0.5, 0.6) is 23.5 Å². The van der Waals surface area contributed by atoms with E-state index in [0.29, 0.717) is 11.5 Å². The summed E-state index contributed by atoms with van der Waals surface area (Å²) in [6, 6.07) is 28.1. The highest BCUT2D eigenvalue weighted by molar-refractivity contribution is 5.89. The molecule has 5 nitrogen and oxygen atoms in total. The van der Waals surface area contributed by atoms with Gasteiger partial charge in [0.2, 0.25) is 0 Å². The lowest BCUT2D eigenvalue weighted by atomic mass is 10.1. The first-order valence-electron chi connectivity index (χ1n) is 8.87. The molecule has 0 spiro atoms. The van der Waals surface area contributed by atoms with Crippen molar-refractivity contribution in [3.8, 4) is 23.5 Å². The van der Waals surface area contributed by atoms with Gasteiger partial charge in [-0.1, -0.05) is 72.8 Å². The molecule has 5 aromatic rings. The molecule has 4 aromatic carbocycles. The second-order valence-corrected chi connectivity index (χ2v) is 6.21. The van der Waals surface area contributed by atoms with Crippen molar-refractivity contribution in [2.24, 2.45) is 0 Å². The zero-order valence-electron chi connectivity index (χ0n) is 14.8. The molecule has 0 N–H and O–H groups in total. The first kappa shape index (κ1) is 16.2. The molecular formula is C23H15N3O2. The SMILES string of the molecule is c1ccc2c(Oc3ncnc(Oc4cccc5ccccc45)n3)cccc2c1.